The highest BCUT2D eigenvalue weighted by Gasteiger charge is 2.18. The Balaban J connectivity index is 2.39. The van der Waals surface area contributed by atoms with Crippen LogP contribution in [0.1, 0.15) is 5.56 Å². The zero-order valence-electron chi connectivity index (χ0n) is 10.1. The summed E-state index contributed by atoms with van der Waals surface area (Å²) in [6, 6.07) is 6.34. The zero-order valence-corrected chi connectivity index (χ0v) is 10.9. The van der Waals surface area contributed by atoms with Crippen LogP contribution in [0.25, 0.3) is 0 Å². The molecular weight excluding hydrogens is 252 g/mol. The van der Waals surface area contributed by atoms with Crippen molar-refractivity contribution in [2.45, 2.75) is 11.8 Å². The largest absolute Gasteiger partial charge is 0.399 e. The molecule has 0 saturated carbocycles. The first-order chi connectivity index (χ1) is 8.38. The molecule has 7 heteroatoms. The summed E-state index contributed by atoms with van der Waals surface area (Å²) in [7, 11) is -1.95. The molecule has 1 heterocycles. The van der Waals surface area contributed by atoms with E-state index in [-0.39, 0.29) is 10.7 Å². The second-order valence-electron chi connectivity index (χ2n) is 4.01. The number of anilines is 2. The lowest BCUT2D eigenvalue weighted by Gasteiger charge is -2.09. The van der Waals surface area contributed by atoms with Crippen molar-refractivity contribution in [3.05, 3.63) is 36.0 Å². The molecule has 0 radical (unpaired) electrons. The number of aromatic nitrogens is 2. The highest BCUT2D eigenvalue weighted by molar-refractivity contribution is 7.92. The van der Waals surface area contributed by atoms with Crippen molar-refractivity contribution in [1.29, 1.82) is 0 Å². The molecule has 18 heavy (non-hydrogen) atoms. The number of benzene rings is 1. The van der Waals surface area contributed by atoms with Crippen LogP contribution in [0.15, 0.2) is 35.4 Å². The van der Waals surface area contributed by atoms with Gasteiger partial charge in [0.15, 0.2) is 5.82 Å². The lowest BCUT2D eigenvalue weighted by molar-refractivity contribution is 0.600. The molecule has 0 atom stereocenters. The molecule has 1 aromatic carbocycles. The number of nitrogens with zero attached hydrogens (tertiary/aromatic N) is 2. The minimum absolute atomic E-state index is 0.160. The normalized spacial score (nSPS) is 11.4. The molecule has 3 N–H and O–H groups in total. The first kappa shape index (κ1) is 12.4. The van der Waals surface area contributed by atoms with E-state index in [9.17, 15) is 8.42 Å². The van der Waals surface area contributed by atoms with Crippen molar-refractivity contribution >= 4 is 21.5 Å². The molecule has 6 nitrogen and oxygen atoms in total. The van der Waals surface area contributed by atoms with Crippen LogP contribution in [-0.2, 0) is 17.1 Å². The maximum absolute atomic E-state index is 12.2. The number of nitrogen functional groups attached to an aromatic ring is 1. The van der Waals surface area contributed by atoms with E-state index in [4.69, 9.17) is 5.73 Å². The van der Waals surface area contributed by atoms with E-state index in [1.807, 2.05) is 0 Å². The Morgan fingerprint density at radius 2 is 2.06 bits per heavy atom. The van der Waals surface area contributed by atoms with Crippen molar-refractivity contribution in [3.8, 4) is 0 Å². The number of nitrogens with one attached hydrogen (secondary N) is 1. The SMILES string of the molecule is Cc1ccc(N)cc1S(=O)(=O)Nc1ccn(C)n1. The lowest BCUT2D eigenvalue weighted by atomic mass is 10.2. The van der Waals surface area contributed by atoms with Gasteiger partial charge in [0.2, 0.25) is 0 Å². The molecule has 0 spiro atoms. The third kappa shape index (κ3) is 2.45. The number of sulfonamides is 1. The zero-order chi connectivity index (χ0) is 13.3. The Morgan fingerprint density at radius 3 is 2.67 bits per heavy atom. The number of nitrogens with two attached hydrogens (primary N) is 1. The maximum atomic E-state index is 12.2. The van der Waals surface area contributed by atoms with Crippen LogP contribution in [0.2, 0.25) is 0 Å². The van der Waals surface area contributed by atoms with Gasteiger partial charge in [-0.25, -0.2) is 8.42 Å². The van der Waals surface area contributed by atoms with Gasteiger partial charge < -0.3 is 5.73 Å². The van der Waals surface area contributed by atoms with Gasteiger partial charge in [-0.15, -0.1) is 0 Å². The number of rotatable bonds is 3. The van der Waals surface area contributed by atoms with Gasteiger partial charge >= 0.3 is 0 Å². The third-order valence-electron chi connectivity index (χ3n) is 2.45. The number of hydrogen-bond donors (Lipinski definition) is 2. The van der Waals surface area contributed by atoms with E-state index < -0.39 is 10.0 Å². The number of aryl methyl sites for hydroxylation is 2. The summed E-state index contributed by atoms with van der Waals surface area (Å²) in [5, 5.41) is 3.97. The van der Waals surface area contributed by atoms with Gasteiger partial charge in [-0.2, -0.15) is 5.10 Å². The van der Waals surface area contributed by atoms with Gasteiger partial charge in [0.05, 0.1) is 4.90 Å². The van der Waals surface area contributed by atoms with Crippen LogP contribution in [0.5, 0.6) is 0 Å². The van der Waals surface area contributed by atoms with E-state index in [0.29, 0.717) is 11.3 Å². The van der Waals surface area contributed by atoms with Crippen molar-refractivity contribution in [3.63, 3.8) is 0 Å². The molecule has 1 aromatic heterocycles. The van der Waals surface area contributed by atoms with E-state index >= 15 is 0 Å². The highest BCUT2D eigenvalue weighted by Crippen LogP contribution is 2.20. The Labute approximate surface area is 105 Å². The first-order valence-electron chi connectivity index (χ1n) is 5.27. The van der Waals surface area contributed by atoms with Crippen LogP contribution in [0.3, 0.4) is 0 Å². The van der Waals surface area contributed by atoms with Gasteiger partial charge in [0, 0.05) is 25.0 Å². The molecular formula is C11H14N4O2S. The lowest BCUT2D eigenvalue weighted by Crippen LogP contribution is -2.15. The van der Waals surface area contributed by atoms with E-state index in [1.165, 1.54) is 10.7 Å². The fourth-order valence-electron chi connectivity index (χ4n) is 1.57. The molecule has 96 valence electrons. The molecule has 2 rings (SSSR count). The van der Waals surface area contributed by atoms with Crippen LogP contribution in [0.4, 0.5) is 11.5 Å². The second-order valence-corrected chi connectivity index (χ2v) is 5.66. The molecule has 0 bridgehead atoms. The summed E-state index contributed by atoms with van der Waals surface area (Å²) in [4.78, 5) is 0.160. The minimum atomic E-state index is -3.66. The summed E-state index contributed by atoms with van der Waals surface area (Å²) in [5.74, 6) is 0.277. The van der Waals surface area contributed by atoms with Gasteiger partial charge in [-0.1, -0.05) is 6.07 Å². The minimum Gasteiger partial charge on any atom is -0.399 e. The highest BCUT2D eigenvalue weighted by atomic mass is 32.2. The molecule has 0 aliphatic heterocycles. The molecule has 2 aromatic rings. The maximum Gasteiger partial charge on any atom is 0.263 e. The van der Waals surface area contributed by atoms with Crippen molar-refractivity contribution < 1.29 is 8.42 Å². The molecule has 0 fully saturated rings. The predicted octanol–water partition coefficient (Wildman–Crippen LogP) is 1.11. The Bertz CT molecular complexity index is 676. The number of hydrogen-bond acceptors (Lipinski definition) is 4. The first-order valence-corrected chi connectivity index (χ1v) is 6.75. The summed E-state index contributed by atoms with van der Waals surface area (Å²) in [6.07, 6.45) is 1.66. The Kier molecular flexibility index (Phi) is 3.00. The van der Waals surface area contributed by atoms with Crippen molar-refractivity contribution in [2.75, 3.05) is 10.5 Å². The smallest absolute Gasteiger partial charge is 0.263 e. The fourth-order valence-corrected chi connectivity index (χ4v) is 2.85. The fraction of sp³-hybridized carbons (Fsp3) is 0.182. The standard InChI is InChI=1S/C11H14N4O2S/c1-8-3-4-9(12)7-10(8)18(16,17)14-11-5-6-15(2)13-11/h3-7H,12H2,1-2H3,(H,13,14). The predicted molar refractivity (Wildman–Crippen MR) is 69.6 cm³/mol. The topological polar surface area (TPSA) is 90.0 Å². The second kappa shape index (κ2) is 4.34. The monoisotopic (exact) mass is 266 g/mol. The van der Waals surface area contributed by atoms with Crippen LogP contribution in [-0.4, -0.2) is 18.2 Å². The van der Waals surface area contributed by atoms with Gasteiger partial charge in [-0.3, -0.25) is 9.40 Å². The van der Waals surface area contributed by atoms with Gasteiger partial charge in [0.25, 0.3) is 10.0 Å². The quantitative estimate of drug-likeness (QED) is 0.814. The summed E-state index contributed by atoms with van der Waals surface area (Å²) in [5.41, 5.74) is 6.65. The van der Waals surface area contributed by atoms with Crippen LogP contribution in [0, 0.1) is 6.92 Å². The van der Waals surface area contributed by atoms with Crippen LogP contribution < -0.4 is 10.5 Å². The molecule has 0 aliphatic carbocycles. The molecule has 0 aliphatic rings. The Morgan fingerprint density at radius 1 is 1.33 bits per heavy atom. The molecule has 0 unspecified atom stereocenters. The van der Waals surface area contributed by atoms with Crippen molar-refractivity contribution in [2.24, 2.45) is 7.05 Å². The third-order valence-corrected chi connectivity index (χ3v) is 3.95. The van der Waals surface area contributed by atoms with Crippen LogP contribution >= 0.6 is 0 Å². The van der Waals surface area contributed by atoms with Gasteiger partial charge in [0.1, 0.15) is 0 Å². The van der Waals surface area contributed by atoms with Gasteiger partial charge in [-0.05, 0) is 24.6 Å². The molecule has 0 amide bonds. The summed E-state index contributed by atoms with van der Waals surface area (Å²) < 4.78 is 28.3. The van der Waals surface area contributed by atoms with E-state index in [2.05, 4.69) is 9.82 Å². The van der Waals surface area contributed by atoms with E-state index in [1.54, 1.807) is 38.4 Å². The average Bonchev–Trinajstić information content (AvgIpc) is 2.66. The average molecular weight is 266 g/mol. The van der Waals surface area contributed by atoms with Crippen molar-refractivity contribution in [1.82, 2.24) is 9.78 Å². The Hall–Kier alpha value is -2.02. The molecule has 0 saturated heterocycles. The summed E-state index contributed by atoms with van der Waals surface area (Å²) >= 11 is 0. The summed E-state index contributed by atoms with van der Waals surface area (Å²) in [6.45, 7) is 1.71. The van der Waals surface area contributed by atoms with E-state index in [0.717, 1.165) is 0 Å².